The molecule has 0 atom stereocenters. The lowest BCUT2D eigenvalue weighted by molar-refractivity contribution is -0.123. The molecule has 164 valence electrons. The van der Waals surface area contributed by atoms with Crippen LogP contribution in [-0.2, 0) is 21.2 Å². The maximum absolute atomic E-state index is 12.0. The van der Waals surface area contributed by atoms with Crippen molar-refractivity contribution in [3.8, 4) is 11.5 Å². The van der Waals surface area contributed by atoms with E-state index in [2.05, 4.69) is 5.32 Å². The smallest absolute Gasteiger partial charge is 0.257 e. The van der Waals surface area contributed by atoms with E-state index in [-0.39, 0.29) is 18.6 Å². The third-order valence-corrected chi connectivity index (χ3v) is 5.51. The van der Waals surface area contributed by atoms with Gasteiger partial charge in [0.05, 0.1) is 18.0 Å². The minimum absolute atomic E-state index is 0.0982. The van der Waals surface area contributed by atoms with Crippen LogP contribution in [0.15, 0.2) is 48.5 Å². The average molecular weight is 435 g/mol. The number of rotatable bonds is 11. The lowest BCUT2D eigenvalue weighted by Crippen LogP contribution is -2.30. The Balaban J connectivity index is 1.70. The Labute approximate surface area is 179 Å². The number of anilines is 1. The van der Waals surface area contributed by atoms with E-state index in [1.165, 1.54) is 11.4 Å². The van der Waals surface area contributed by atoms with Gasteiger partial charge in [0, 0.05) is 13.6 Å². The number of nitrogens with one attached hydrogen (secondary N) is 1. The van der Waals surface area contributed by atoms with Gasteiger partial charge in [-0.3, -0.25) is 9.10 Å². The molecule has 0 aliphatic heterocycles. The second kappa shape index (κ2) is 10.9. The summed E-state index contributed by atoms with van der Waals surface area (Å²) in [5, 5.41) is 2.84. The van der Waals surface area contributed by atoms with Crippen LogP contribution in [0.4, 0.5) is 5.69 Å². The molecule has 2 rings (SSSR count). The summed E-state index contributed by atoms with van der Waals surface area (Å²) in [4.78, 5) is 12.0. The molecule has 0 heterocycles. The summed E-state index contributed by atoms with van der Waals surface area (Å²) in [7, 11) is -1.84. The molecule has 0 unspecified atom stereocenters. The van der Waals surface area contributed by atoms with Gasteiger partial charge in [0.2, 0.25) is 10.0 Å². The molecule has 0 saturated carbocycles. The Hall–Kier alpha value is -2.74. The highest BCUT2D eigenvalue weighted by atomic mass is 32.2. The number of nitrogens with zero attached hydrogens (tertiary/aromatic N) is 1. The summed E-state index contributed by atoms with van der Waals surface area (Å²) in [5.74, 6) is 1.15. The Kier molecular flexibility index (Phi) is 8.53. The summed E-state index contributed by atoms with van der Waals surface area (Å²) in [6, 6.07) is 14.5. The number of hydrogen-bond donors (Lipinski definition) is 1. The Morgan fingerprint density at radius 1 is 1.10 bits per heavy atom. The first-order valence-corrected chi connectivity index (χ1v) is 11.7. The van der Waals surface area contributed by atoms with Crippen LogP contribution in [0, 0.1) is 0 Å². The van der Waals surface area contributed by atoms with Gasteiger partial charge in [0.1, 0.15) is 11.5 Å². The van der Waals surface area contributed by atoms with Gasteiger partial charge in [0.15, 0.2) is 6.61 Å². The van der Waals surface area contributed by atoms with Gasteiger partial charge in [-0.05, 0) is 68.7 Å². The molecule has 0 fully saturated rings. The summed E-state index contributed by atoms with van der Waals surface area (Å²) in [6.07, 6.45) is 2.92. The number of benzene rings is 2. The molecule has 0 bridgehead atoms. The zero-order valence-electron chi connectivity index (χ0n) is 17.9. The van der Waals surface area contributed by atoms with Gasteiger partial charge in [-0.25, -0.2) is 8.42 Å². The van der Waals surface area contributed by atoms with Crippen molar-refractivity contribution < 1.29 is 22.7 Å². The molecule has 1 N–H and O–H groups in total. The lowest BCUT2D eigenvalue weighted by Gasteiger charge is -2.16. The van der Waals surface area contributed by atoms with Gasteiger partial charge in [-0.2, -0.15) is 0 Å². The SMILES string of the molecule is CC(C)Oc1cccc(CCCNC(=O)COc2ccc(N(C)S(C)(=O)=O)cc2)c1. The maximum Gasteiger partial charge on any atom is 0.257 e. The normalized spacial score (nSPS) is 11.2. The monoisotopic (exact) mass is 434 g/mol. The van der Waals surface area contributed by atoms with Gasteiger partial charge in [-0.15, -0.1) is 0 Å². The van der Waals surface area contributed by atoms with Crippen molar-refractivity contribution in [3.05, 3.63) is 54.1 Å². The van der Waals surface area contributed by atoms with Gasteiger partial charge in [0.25, 0.3) is 5.91 Å². The fourth-order valence-electron chi connectivity index (χ4n) is 2.71. The topological polar surface area (TPSA) is 84.9 Å². The van der Waals surface area contributed by atoms with Crippen molar-refractivity contribution in [2.45, 2.75) is 32.8 Å². The van der Waals surface area contributed by atoms with Crippen LogP contribution in [0.2, 0.25) is 0 Å². The van der Waals surface area contributed by atoms with Crippen LogP contribution in [-0.4, -0.2) is 46.9 Å². The first-order valence-electron chi connectivity index (χ1n) is 9.84. The van der Waals surface area contributed by atoms with Crippen molar-refractivity contribution in [2.24, 2.45) is 0 Å². The van der Waals surface area contributed by atoms with E-state index < -0.39 is 10.0 Å². The van der Waals surface area contributed by atoms with E-state index in [1.54, 1.807) is 24.3 Å². The Bertz CT molecular complexity index is 927. The van der Waals surface area contributed by atoms with Gasteiger partial charge >= 0.3 is 0 Å². The van der Waals surface area contributed by atoms with Crippen LogP contribution >= 0.6 is 0 Å². The predicted octanol–water partition coefficient (Wildman–Crippen LogP) is 3.00. The zero-order valence-corrected chi connectivity index (χ0v) is 18.7. The fourth-order valence-corrected chi connectivity index (χ4v) is 3.22. The molecule has 30 heavy (non-hydrogen) atoms. The fraction of sp³-hybridized carbons (Fsp3) is 0.409. The lowest BCUT2D eigenvalue weighted by atomic mass is 10.1. The number of sulfonamides is 1. The molecule has 0 aliphatic rings. The molecule has 2 aromatic carbocycles. The van der Waals surface area contributed by atoms with Crippen LogP contribution in [0.5, 0.6) is 11.5 Å². The van der Waals surface area contributed by atoms with Gasteiger partial charge in [-0.1, -0.05) is 12.1 Å². The average Bonchev–Trinajstić information content (AvgIpc) is 2.68. The number of carbonyl (C=O) groups is 1. The molecule has 0 aliphatic carbocycles. The molecular formula is C22H30N2O5S. The van der Waals surface area contributed by atoms with Crippen molar-refractivity contribution in [1.82, 2.24) is 5.32 Å². The molecule has 7 nitrogen and oxygen atoms in total. The van der Waals surface area contributed by atoms with E-state index in [0.29, 0.717) is 18.0 Å². The van der Waals surface area contributed by atoms with E-state index in [0.717, 1.165) is 30.4 Å². The molecule has 1 amide bonds. The van der Waals surface area contributed by atoms with E-state index in [1.807, 2.05) is 38.1 Å². The summed E-state index contributed by atoms with van der Waals surface area (Å²) in [5.41, 5.74) is 1.69. The number of amides is 1. The first-order chi connectivity index (χ1) is 14.1. The largest absolute Gasteiger partial charge is 0.491 e. The standard InChI is InChI=1S/C22H30N2O5S/c1-17(2)29-21-9-5-7-18(15-21)8-6-14-23-22(25)16-28-20-12-10-19(11-13-20)24(3)30(4,26)27/h5,7,9-13,15,17H,6,8,14,16H2,1-4H3,(H,23,25). The predicted molar refractivity (Wildman–Crippen MR) is 119 cm³/mol. The summed E-state index contributed by atoms with van der Waals surface area (Å²) >= 11 is 0. The van der Waals surface area contributed by atoms with Crippen LogP contribution in [0.25, 0.3) is 0 Å². The molecule has 2 aromatic rings. The van der Waals surface area contributed by atoms with Crippen LogP contribution in [0.3, 0.4) is 0 Å². The van der Waals surface area contributed by atoms with Crippen molar-refractivity contribution >= 4 is 21.6 Å². The second-order valence-corrected chi connectivity index (χ2v) is 9.29. The first kappa shape index (κ1) is 23.5. The molecule has 0 aromatic heterocycles. The summed E-state index contributed by atoms with van der Waals surface area (Å²) < 4.78 is 35.4. The molecule has 0 radical (unpaired) electrons. The van der Waals surface area contributed by atoms with Crippen LogP contribution < -0.4 is 19.1 Å². The van der Waals surface area contributed by atoms with E-state index in [4.69, 9.17) is 9.47 Å². The number of ether oxygens (including phenoxy) is 2. The highest BCUT2D eigenvalue weighted by Gasteiger charge is 2.11. The van der Waals surface area contributed by atoms with E-state index >= 15 is 0 Å². The quantitative estimate of drug-likeness (QED) is 0.550. The number of hydrogen-bond acceptors (Lipinski definition) is 5. The third-order valence-electron chi connectivity index (χ3n) is 4.30. The second-order valence-electron chi connectivity index (χ2n) is 7.28. The van der Waals surface area contributed by atoms with Crippen molar-refractivity contribution in [1.29, 1.82) is 0 Å². The highest BCUT2D eigenvalue weighted by Crippen LogP contribution is 2.20. The van der Waals surface area contributed by atoms with Crippen molar-refractivity contribution in [3.63, 3.8) is 0 Å². The Morgan fingerprint density at radius 3 is 2.43 bits per heavy atom. The molecule has 8 heteroatoms. The number of carbonyl (C=O) groups excluding carboxylic acids is 1. The molecule has 0 saturated heterocycles. The van der Waals surface area contributed by atoms with Crippen molar-refractivity contribution in [2.75, 3.05) is 30.8 Å². The Morgan fingerprint density at radius 2 is 1.80 bits per heavy atom. The minimum atomic E-state index is -3.31. The van der Waals surface area contributed by atoms with Gasteiger partial charge < -0.3 is 14.8 Å². The minimum Gasteiger partial charge on any atom is -0.491 e. The molecular weight excluding hydrogens is 404 g/mol. The summed E-state index contributed by atoms with van der Waals surface area (Å²) in [6.45, 7) is 4.44. The van der Waals surface area contributed by atoms with Crippen LogP contribution in [0.1, 0.15) is 25.8 Å². The molecule has 0 spiro atoms. The van der Waals surface area contributed by atoms with E-state index in [9.17, 15) is 13.2 Å². The number of aryl methyl sites for hydroxylation is 1. The zero-order chi connectivity index (χ0) is 22.1. The third kappa shape index (κ3) is 7.94. The highest BCUT2D eigenvalue weighted by molar-refractivity contribution is 7.92. The maximum atomic E-state index is 12.0.